The fraction of sp³-hybridized carbons (Fsp3) is 0.409. The van der Waals surface area contributed by atoms with Crippen LogP contribution < -0.4 is 5.43 Å². The highest BCUT2D eigenvalue weighted by atomic mass is 79.9. The predicted molar refractivity (Wildman–Crippen MR) is 122 cm³/mol. The quantitative estimate of drug-likeness (QED) is 0.354. The molecule has 0 aliphatic heterocycles. The number of rotatable bonds is 5. The highest BCUT2D eigenvalue weighted by Crippen LogP contribution is 2.45. The van der Waals surface area contributed by atoms with E-state index in [-0.39, 0.29) is 0 Å². The Morgan fingerprint density at radius 2 is 2.07 bits per heavy atom. The van der Waals surface area contributed by atoms with Crippen LogP contribution in [0.2, 0.25) is 0 Å². The van der Waals surface area contributed by atoms with Crippen LogP contribution in [-0.4, -0.2) is 16.2 Å². The molecular weight excluding hydrogens is 432 g/mol. The normalized spacial score (nSPS) is 17.2. The molecule has 146 valence electrons. The second-order valence-corrected chi connectivity index (χ2v) is 10.1. The van der Waals surface area contributed by atoms with Gasteiger partial charge < -0.3 is 0 Å². The first kappa shape index (κ1) is 19.5. The largest absolute Gasteiger partial charge is 0.261 e. The molecule has 0 spiro atoms. The standard InChI is InChI=1S/C22H25BrN4S/c1-4-22(2,3)15-7-10-18-17(11-15)19-20(24-13-25-21(19)28-18)27-26-12-14-5-8-16(23)9-6-14/h5-6,8-9,12-13,15H,4,7,10-11H2,1-3H3,(H,24,25,27). The number of nitrogens with one attached hydrogen (secondary N) is 1. The molecule has 4 nitrogen and oxygen atoms in total. The van der Waals surface area contributed by atoms with Gasteiger partial charge in [-0.25, -0.2) is 9.97 Å². The van der Waals surface area contributed by atoms with Crippen molar-refractivity contribution in [3.05, 3.63) is 51.1 Å². The molecule has 0 bridgehead atoms. The molecule has 6 heteroatoms. The van der Waals surface area contributed by atoms with Crippen molar-refractivity contribution in [1.29, 1.82) is 0 Å². The first-order chi connectivity index (χ1) is 13.5. The van der Waals surface area contributed by atoms with E-state index in [1.165, 1.54) is 23.3 Å². The maximum atomic E-state index is 4.54. The molecule has 3 aromatic rings. The Kier molecular flexibility index (Phi) is 5.52. The molecule has 1 aliphatic rings. The SMILES string of the molecule is CCC(C)(C)C1CCc2sc3ncnc(NN=Cc4ccc(Br)cc4)c3c2C1. The number of anilines is 1. The van der Waals surface area contributed by atoms with Crippen LogP contribution in [0.5, 0.6) is 0 Å². The Hall–Kier alpha value is -1.79. The number of aromatic nitrogens is 2. The number of fused-ring (bicyclic) bond motifs is 3. The lowest BCUT2D eigenvalue weighted by Gasteiger charge is -2.36. The summed E-state index contributed by atoms with van der Waals surface area (Å²) in [5.74, 6) is 1.51. The summed E-state index contributed by atoms with van der Waals surface area (Å²) in [6.07, 6.45) is 8.17. The van der Waals surface area contributed by atoms with Crippen molar-refractivity contribution >= 4 is 49.5 Å². The Balaban J connectivity index is 1.63. The zero-order valence-corrected chi connectivity index (χ0v) is 18.9. The monoisotopic (exact) mass is 456 g/mol. The first-order valence-corrected chi connectivity index (χ1v) is 11.4. The van der Waals surface area contributed by atoms with Gasteiger partial charge in [0.25, 0.3) is 0 Å². The van der Waals surface area contributed by atoms with Crippen LogP contribution >= 0.6 is 27.3 Å². The molecule has 1 unspecified atom stereocenters. The van der Waals surface area contributed by atoms with Gasteiger partial charge in [-0.05, 0) is 53.9 Å². The third kappa shape index (κ3) is 3.85. The summed E-state index contributed by atoms with van der Waals surface area (Å²) in [6, 6.07) is 8.06. The highest BCUT2D eigenvalue weighted by molar-refractivity contribution is 9.10. The number of halogens is 1. The van der Waals surface area contributed by atoms with Gasteiger partial charge in [-0.2, -0.15) is 5.10 Å². The fourth-order valence-corrected chi connectivity index (χ4v) is 5.31. The fourth-order valence-electron chi connectivity index (χ4n) is 3.87. The van der Waals surface area contributed by atoms with Crippen LogP contribution in [-0.2, 0) is 12.8 Å². The van der Waals surface area contributed by atoms with E-state index in [2.05, 4.69) is 57.2 Å². The topological polar surface area (TPSA) is 50.2 Å². The zero-order valence-electron chi connectivity index (χ0n) is 16.5. The maximum absolute atomic E-state index is 4.54. The van der Waals surface area contributed by atoms with Crippen LogP contribution in [0.3, 0.4) is 0 Å². The molecule has 0 saturated heterocycles. The van der Waals surface area contributed by atoms with Gasteiger partial charge in [-0.1, -0.05) is 55.3 Å². The molecule has 2 heterocycles. The molecule has 0 radical (unpaired) electrons. The van der Waals surface area contributed by atoms with Crippen molar-refractivity contribution in [3.63, 3.8) is 0 Å². The molecule has 0 saturated carbocycles. The summed E-state index contributed by atoms with van der Waals surface area (Å²) in [5.41, 5.74) is 5.99. The molecule has 1 N–H and O–H groups in total. The molecule has 0 fully saturated rings. The summed E-state index contributed by atoms with van der Waals surface area (Å²) in [6.45, 7) is 7.10. The number of hydrazone groups is 1. The van der Waals surface area contributed by atoms with Gasteiger partial charge in [0, 0.05) is 9.35 Å². The minimum atomic E-state index is 0.356. The molecule has 0 amide bonds. The zero-order chi connectivity index (χ0) is 19.7. The molecule has 28 heavy (non-hydrogen) atoms. The Morgan fingerprint density at radius 1 is 1.29 bits per heavy atom. The van der Waals surface area contributed by atoms with Crippen molar-refractivity contribution < 1.29 is 0 Å². The van der Waals surface area contributed by atoms with E-state index in [1.54, 1.807) is 6.33 Å². The Labute approximate surface area is 178 Å². The van der Waals surface area contributed by atoms with Crippen LogP contribution in [0, 0.1) is 11.3 Å². The molecular formula is C22H25BrN4S. The second kappa shape index (κ2) is 7.91. The van der Waals surface area contributed by atoms with Gasteiger partial charge in [-0.15, -0.1) is 11.3 Å². The van der Waals surface area contributed by atoms with Gasteiger partial charge in [-0.3, -0.25) is 5.43 Å². The van der Waals surface area contributed by atoms with Crippen molar-refractivity contribution in [2.45, 2.75) is 46.5 Å². The summed E-state index contributed by atoms with van der Waals surface area (Å²) in [7, 11) is 0. The van der Waals surface area contributed by atoms with Crippen LogP contribution in [0.1, 0.15) is 49.6 Å². The van der Waals surface area contributed by atoms with Crippen LogP contribution in [0.15, 0.2) is 40.2 Å². The number of hydrogen-bond acceptors (Lipinski definition) is 5. The van der Waals surface area contributed by atoms with Crippen molar-refractivity contribution in [2.24, 2.45) is 16.4 Å². The molecule has 1 atom stereocenters. The van der Waals surface area contributed by atoms with E-state index in [4.69, 9.17) is 0 Å². The minimum absolute atomic E-state index is 0.356. The number of thiophene rings is 1. The van der Waals surface area contributed by atoms with Gasteiger partial charge in [0.15, 0.2) is 5.82 Å². The summed E-state index contributed by atoms with van der Waals surface area (Å²) < 4.78 is 1.06. The average Bonchev–Trinajstić information content (AvgIpc) is 3.08. The van der Waals surface area contributed by atoms with E-state index in [0.29, 0.717) is 11.3 Å². The molecule has 1 aliphatic carbocycles. The van der Waals surface area contributed by atoms with Crippen LogP contribution in [0.4, 0.5) is 5.82 Å². The molecule has 2 aromatic heterocycles. The summed E-state index contributed by atoms with van der Waals surface area (Å²) in [5, 5.41) is 5.59. The van der Waals surface area contributed by atoms with Gasteiger partial charge >= 0.3 is 0 Å². The van der Waals surface area contributed by atoms with Gasteiger partial charge in [0.2, 0.25) is 0 Å². The smallest absolute Gasteiger partial charge is 0.158 e. The Bertz CT molecular complexity index is 1010. The molecule has 4 rings (SSSR count). The first-order valence-electron chi connectivity index (χ1n) is 9.78. The van der Waals surface area contributed by atoms with E-state index >= 15 is 0 Å². The maximum Gasteiger partial charge on any atom is 0.158 e. The van der Waals surface area contributed by atoms with Crippen molar-refractivity contribution in [3.8, 4) is 0 Å². The lowest BCUT2D eigenvalue weighted by atomic mass is 9.69. The van der Waals surface area contributed by atoms with Crippen LogP contribution in [0.25, 0.3) is 10.2 Å². The number of hydrogen-bond donors (Lipinski definition) is 1. The second-order valence-electron chi connectivity index (χ2n) is 8.11. The number of aryl methyl sites for hydroxylation is 1. The van der Waals surface area contributed by atoms with E-state index < -0.39 is 0 Å². The van der Waals surface area contributed by atoms with Gasteiger partial charge in [0.1, 0.15) is 11.2 Å². The highest BCUT2D eigenvalue weighted by Gasteiger charge is 2.33. The van der Waals surface area contributed by atoms with E-state index in [9.17, 15) is 0 Å². The summed E-state index contributed by atoms with van der Waals surface area (Å²) in [4.78, 5) is 11.6. The van der Waals surface area contributed by atoms with Crippen molar-refractivity contribution in [1.82, 2.24) is 9.97 Å². The van der Waals surface area contributed by atoms with E-state index in [0.717, 1.165) is 38.9 Å². The lowest BCUT2D eigenvalue weighted by Crippen LogP contribution is -2.28. The predicted octanol–water partition coefficient (Wildman–Crippen LogP) is 6.44. The Morgan fingerprint density at radius 3 is 2.82 bits per heavy atom. The van der Waals surface area contributed by atoms with E-state index in [1.807, 2.05) is 41.8 Å². The lowest BCUT2D eigenvalue weighted by molar-refractivity contribution is 0.184. The third-order valence-corrected chi connectivity index (χ3v) is 7.84. The van der Waals surface area contributed by atoms with Crippen molar-refractivity contribution in [2.75, 3.05) is 5.43 Å². The number of nitrogens with zero attached hydrogens (tertiary/aromatic N) is 3. The molecule has 1 aromatic carbocycles. The van der Waals surface area contributed by atoms with Gasteiger partial charge in [0.05, 0.1) is 11.6 Å². The third-order valence-electron chi connectivity index (χ3n) is 6.11. The minimum Gasteiger partial charge on any atom is -0.261 e. The number of benzene rings is 1. The average molecular weight is 457 g/mol. The summed E-state index contributed by atoms with van der Waals surface area (Å²) >= 11 is 5.27.